The van der Waals surface area contributed by atoms with Crippen LogP contribution in [0.1, 0.15) is 16.9 Å². The van der Waals surface area contributed by atoms with Crippen molar-refractivity contribution in [1.82, 2.24) is 4.90 Å². The molecule has 2 aromatic rings. The van der Waals surface area contributed by atoms with E-state index in [2.05, 4.69) is 6.07 Å². The van der Waals surface area contributed by atoms with Crippen LogP contribution in [-0.2, 0) is 17.1 Å². The molecule has 1 aromatic carbocycles. The smallest absolute Gasteiger partial charge is 0.232 e. The van der Waals surface area contributed by atoms with Gasteiger partial charge >= 0.3 is 0 Å². The number of furan rings is 1. The Morgan fingerprint density at radius 1 is 1.33 bits per heavy atom. The third-order valence-corrected chi connectivity index (χ3v) is 3.96. The van der Waals surface area contributed by atoms with Gasteiger partial charge in [-0.2, -0.15) is 5.26 Å². The van der Waals surface area contributed by atoms with E-state index >= 15 is 0 Å². The Kier molecular flexibility index (Phi) is 5.47. The minimum Gasteiger partial charge on any atom is -0.467 e. The van der Waals surface area contributed by atoms with Crippen molar-refractivity contribution in [3.8, 4) is 6.07 Å². The van der Waals surface area contributed by atoms with E-state index < -0.39 is 0 Å². The molecule has 1 heterocycles. The van der Waals surface area contributed by atoms with Crippen molar-refractivity contribution in [1.29, 1.82) is 5.26 Å². The minimum absolute atomic E-state index is 0.0741. The van der Waals surface area contributed by atoms with Crippen molar-refractivity contribution < 1.29 is 9.21 Å². The van der Waals surface area contributed by atoms with E-state index in [1.54, 1.807) is 42.1 Å². The van der Waals surface area contributed by atoms with Crippen LogP contribution in [0.25, 0.3) is 0 Å². The molecule has 2 rings (SSSR count). The summed E-state index contributed by atoms with van der Waals surface area (Å²) in [5, 5.41) is 8.73. The number of hydrogen-bond acceptors (Lipinski definition) is 4. The molecule has 0 aliphatic heterocycles. The van der Waals surface area contributed by atoms with Gasteiger partial charge in [-0.25, -0.2) is 0 Å². The van der Waals surface area contributed by atoms with Gasteiger partial charge in [0.25, 0.3) is 0 Å². The van der Waals surface area contributed by atoms with E-state index in [4.69, 9.17) is 9.68 Å². The summed E-state index contributed by atoms with van der Waals surface area (Å²) in [5.41, 5.74) is 1.76. The summed E-state index contributed by atoms with van der Waals surface area (Å²) in [5.74, 6) is 2.04. The van der Waals surface area contributed by atoms with Gasteiger partial charge in [0.2, 0.25) is 5.91 Å². The molecule has 0 bridgehead atoms. The maximum atomic E-state index is 12.0. The Hall–Kier alpha value is -2.19. The van der Waals surface area contributed by atoms with Gasteiger partial charge in [-0.15, -0.1) is 11.8 Å². The molecule has 0 saturated heterocycles. The largest absolute Gasteiger partial charge is 0.467 e. The molecular formula is C16H16N2O2S. The molecule has 5 heteroatoms. The van der Waals surface area contributed by atoms with Gasteiger partial charge in [0, 0.05) is 12.8 Å². The first kappa shape index (κ1) is 15.2. The van der Waals surface area contributed by atoms with Crippen molar-refractivity contribution in [3.63, 3.8) is 0 Å². The highest BCUT2D eigenvalue weighted by Crippen LogP contribution is 2.14. The molecule has 0 unspecified atom stereocenters. The van der Waals surface area contributed by atoms with Crippen LogP contribution in [0.5, 0.6) is 0 Å². The normalized spacial score (nSPS) is 10.1. The second kappa shape index (κ2) is 7.55. The van der Waals surface area contributed by atoms with Crippen LogP contribution in [-0.4, -0.2) is 23.6 Å². The second-order valence-electron chi connectivity index (χ2n) is 4.63. The Morgan fingerprint density at radius 3 is 2.71 bits per heavy atom. The lowest BCUT2D eigenvalue weighted by Crippen LogP contribution is -2.27. The van der Waals surface area contributed by atoms with E-state index in [-0.39, 0.29) is 5.91 Å². The highest BCUT2D eigenvalue weighted by molar-refractivity contribution is 7.99. The molecule has 0 fully saturated rings. The first-order valence-electron chi connectivity index (χ1n) is 6.52. The number of hydrogen-bond donors (Lipinski definition) is 0. The number of amides is 1. The zero-order chi connectivity index (χ0) is 15.1. The number of nitriles is 1. The first-order chi connectivity index (χ1) is 10.2. The molecule has 0 saturated carbocycles. The molecule has 108 valence electrons. The van der Waals surface area contributed by atoms with E-state index in [1.165, 1.54) is 0 Å². The fourth-order valence-electron chi connectivity index (χ4n) is 1.77. The monoisotopic (exact) mass is 300 g/mol. The average molecular weight is 300 g/mol. The summed E-state index contributed by atoms with van der Waals surface area (Å²) >= 11 is 1.56. The number of thioether (sulfide) groups is 1. The van der Waals surface area contributed by atoms with Gasteiger partial charge in [0.05, 0.1) is 30.2 Å². The fraction of sp³-hybridized carbons (Fsp3) is 0.250. The van der Waals surface area contributed by atoms with Gasteiger partial charge in [0.15, 0.2) is 0 Å². The quantitative estimate of drug-likeness (QED) is 0.822. The van der Waals surface area contributed by atoms with E-state index in [0.717, 1.165) is 17.1 Å². The van der Waals surface area contributed by atoms with Crippen molar-refractivity contribution in [3.05, 3.63) is 59.5 Å². The predicted molar refractivity (Wildman–Crippen MR) is 82.5 cm³/mol. The van der Waals surface area contributed by atoms with Crippen LogP contribution in [0, 0.1) is 11.3 Å². The molecular weight excluding hydrogens is 284 g/mol. The van der Waals surface area contributed by atoms with Crippen molar-refractivity contribution in [2.24, 2.45) is 0 Å². The van der Waals surface area contributed by atoms with E-state index in [9.17, 15) is 4.79 Å². The molecule has 21 heavy (non-hydrogen) atoms. The number of rotatable bonds is 6. The molecule has 4 nitrogen and oxygen atoms in total. The summed E-state index contributed by atoms with van der Waals surface area (Å²) in [6.07, 6.45) is 1.60. The number of benzene rings is 1. The molecule has 0 aliphatic carbocycles. The van der Waals surface area contributed by atoms with Crippen LogP contribution in [0.2, 0.25) is 0 Å². The fourth-order valence-corrected chi connectivity index (χ4v) is 2.69. The Morgan fingerprint density at radius 2 is 2.10 bits per heavy atom. The lowest BCUT2D eigenvalue weighted by Gasteiger charge is -2.15. The highest BCUT2D eigenvalue weighted by Gasteiger charge is 2.10. The standard InChI is InChI=1S/C16H16N2O2S/c1-18(10-15-3-2-8-20-15)16(19)12-21-11-14-6-4-13(9-17)5-7-14/h2-8H,10-12H2,1H3. The zero-order valence-corrected chi connectivity index (χ0v) is 12.6. The maximum absolute atomic E-state index is 12.0. The van der Waals surface area contributed by atoms with Crippen LogP contribution in [0.4, 0.5) is 0 Å². The molecule has 1 amide bonds. The molecule has 0 radical (unpaired) electrons. The van der Waals surface area contributed by atoms with Crippen molar-refractivity contribution >= 4 is 17.7 Å². The molecule has 0 N–H and O–H groups in total. The van der Waals surface area contributed by atoms with E-state index in [1.807, 2.05) is 24.3 Å². The Bertz CT molecular complexity index is 615. The van der Waals surface area contributed by atoms with Crippen LogP contribution < -0.4 is 0 Å². The Labute approximate surface area is 128 Å². The molecule has 0 aliphatic rings. The van der Waals surface area contributed by atoms with Crippen molar-refractivity contribution in [2.45, 2.75) is 12.3 Å². The van der Waals surface area contributed by atoms with Crippen LogP contribution in [0.3, 0.4) is 0 Å². The summed E-state index contributed by atoms with van der Waals surface area (Å²) in [7, 11) is 1.77. The topological polar surface area (TPSA) is 57.2 Å². The lowest BCUT2D eigenvalue weighted by atomic mass is 10.2. The van der Waals surface area contributed by atoms with Crippen LogP contribution in [0.15, 0.2) is 47.1 Å². The molecule has 1 aromatic heterocycles. The van der Waals surface area contributed by atoms with Crippen molar-refractivity contribution in [2.75, 3.05) is 12.8 Å². The second-order valence-corrected chi connectivity index (χ2v) is 5.62. The summed E-state index contributed by atoms with van der Waals surface area (Å²) in [6.45, 7) is 0.489. The zero-order valence-electron chi connectivity index (χ0n) is 11.8. The number of carbonyl (C=O) groups is 1. The van der Waals surface area contributed by atoms with Gasteiger partial charge in [-0.3, -0.25) is 4.79 Å². The summed E-state index contributed by atoms with van der Waals surface area (Å²) in [4.78, 5) is 13.6. The summed E-state index contributed by atoms with van der Waals surface area (Å²) < 4.78 is 5.22. The first-order valence-corrected chi connectivity index (χ1v) is 7.67. The third-order valence-electron chi connectivity index (χ3n) is 2.98. The van der Waals surface area contributed by atoms with Gasteiger partial charge in [-0.1, -0.05) is 12.1 Å². The van der Waals surface area contributed by atoms with Gasteiger partial charge in [0.1, 0.15) is 5.76 Å². The third kappa shape index (κ3) is 4.69. The Balaban J connectivity index is 1.74. The highest BCUT2D eigenvalue weighted by atomic mass is 32.2. The van der Waals surface area contributed by atoms with Gasteiger partial charge < -0.3 is 9.32 Å². The molecule has 0 atom stereocenters. The SMILES string of the molecule is CN(Cc1ccco1)C(=O)CSCc1ccc(C#N)cc1. The van der Waals surface area contributed by atoms with Gasteiger partial charge in [-0.05, 0) is 29.8 Å². The average Bonchev–Trinajstić information content (AvgIpc) is 3.00. The van der Waals surface area contributed by atoms with Crippen LogP contribution >= 0.6 is 11.8 Å². The molecule has 0 spiro atoms. The van der Waals surface area contributed by atoms with E-state index in [0.29, 0.717) is 17.9 Å². The number of carbonyl (C=O) groups excluding carboxylic acids is 1. The summed E-state index contributed by atoms with van der Waals surface area (Å²) in [6, 6.07) is 13.2. The minimum atomic E-state index is 0.0741. The lowest BCUT2D eigenvalue weighted by molar-refractivity contribution is -0.127. The predicted octanol–water partition coefficient (Wildman–Crippen LogP) is 3.04. The maximum Gasteiger partial charge on any atom is 0.232 e. The number of nitrogens with zero attached hydrogens (tertiary/aromatic N) is 2.